The predicted octanol–water partition coefficient (Wildman–Crippen LogP) is 0.860. The van der Waals surface area contributed by atoms with E-state index in [1.165, 1.54) is 0 Å². The SMILES string of the molecule is c1cn(-c2ccoc2)nn1. The van der Waals surface area contributed by atoms with Crippen molar-refractivity contribution in [3.05, 3.63) is 31.0 Å². The monoisotopic (exact) mass is 135 g/mol. The van der Waals surface area contributed by atoms with E-state index < -0.39 is 0 Å². The Bertz CT molecular complexity index is 252. The van der Waals surface area contributed by atoms with Gasteiger partial charge in [-0.25, -0.2) is 4.68 Å². The molecule has 0 unspecified atom stereocenters. The van der Waals surface area contributed by atoms with Crippen LogP contribution in [0.5, 0.6) is 0 Å². The lowest BCUT2D eigenvalue weighted by Crippen LogP contribution is -1.91. The Balaban J connectivity index is 2.48. The number of hydrogen-bond donors (Lipinski definition) is 0. The van der Waals surface area contributed by atoms with E-state index in [1.54, 1.807) is 29.6 Å². The first-order valence-corrected chi connectivity index (χ1v) is 2.86. The molecule has 0 saturated heterocycles. The first-order chi connectivity index (χ1) is 4.97. The molecule has 0 N–H and O–H groups in total. The van der Waals surface area contributed by atoms with Gasteiger partial charge in [-0.1, -0.05) is 5.21 Å². The summed E-state index contributed by atoms with van der Waals surface area (Å²) in [7, 11) is 0. The second-order valence-corrected chi connectivity index (χ2v) is 1.83. The lowest BCUT2D eigenvalue weighted by molar-refractivity contribution is 0.564. The minimum atomic E-state index is 0.887. The third-order valence-electron chi connectivity index (χ3n) is 1.19. The van der Waals surface area contributed by atoms with Gasteiger partial charge in [-0.3, -0.25) is 0 Å². The molecule has 0 spiro atoms. The van der Waals surface area contributed by atoms with Crippen molar-refractivity contribution < 1.29 is 4.42 Å². The summed E-state index contributed by atoms with van der Waals surface area (Å²) in [6.45, 7) is 0. The topological polar surface area (TPSA) is 43.9 Å². The molecule has 0 aliphatic carbocycles. The fourth-order valence-electron chi connectivity index (χ4n) is 0.734. The van der Waals surface area contributed by atoms with Gasteiger partial charge in [0.25, 0.3) is 0 Å². The van der Waals surface area contributed by atoms with Crippen LogP contribution in [0.15, 0.2) is 35.4 Å². The molecule has 0 saturated carbocycles. The van der Waals surface area contributed by atoms with Crippen LogP contribution >= 0.6 is 0 Å². The Morgan fingerprint density at radius 3 is 3.10 bits per heavy atom. The highest BCUT2D eigenvalue weighted by atomic mass is 16.3. The molecule has 50 valence electrons. The average molecular weight is 135 g/mol. The third kappa shape index (κ3) is 0.699. The van der Waals surface area contributed by atoms with E-state index in [0.29, 0.717) is 0 Å². The molecule has 0 aliphatic rings. The summed E-state index contributed by atoms with van der Waals surface area (Å²) in [6, 6.07) is 1.81. The fourth-order valence-corrected chi connectivity index (χ4v) is 0.734. The van der Waals surface area contributed by atoms with Gasteiger partial charge in [0.15, 0.2) is 0 Å². The first kappa shape index (κ1) is 5.22. The summed E-state index contributed by atoms with van der Waals surface area (Å²) >= 11 is 0. The van der Waals surface area contributed by atoms with Gasteiger partial charge in [0.05, 0.1) is 18.7 Å². The summed E-state index contributed by atoms with van der Waals surface area (Å²) < 4.78 is 6.48. The van der Waals surface area contributed by atoms with Crippen LogP contribution in [-0.4, -0.2) is 15.0 Å². The Morgan fingerprint density at radius 2 is 2.50 bits per heavy atom. The summed E-state index contributed by atoms with van der Waals surface area (Å²) in [4.78, 5) is 0. The van der Waals surface area contributed by atoms with E-state index in [1.807, 2.05) is 6.07 Å². The number of aromatic nitrogens is 3. The molecule has 10 heavy (non-hydrogen) atoms. The van der Waals surface area contributed by atoms with Gasteiger partial charge in [-0.05, 0) is 0 Å². The van der Waals surface area contributed by atoms with Crippen LogP contribution in [0.25, 0.3) is 5.69 Å². The average Bonchev–Trinajstić information content (AvgIpc) is 2.59. The predicted molar refractivity (Wildman–Crippen MR) is 33.6 cm³/mol. The number of rotatable bonds is 1. The molecule has 2 aromatic heterocycles. The molecule has 0 bridgehead atoms. The van der Waals surface area contributed by atoms with Crippen molar-refractivity contribution in [1.29, 1.82) is 0 Å². The van der Waals surface area contributed by atoms with Gasteiger partial charge in [-0.2, -0.15) is 0 Å². The van der Waals surface area contributed by atoms with Crippen molar-refractivity contribution in [2.24, 2.45) is 0 Å². The van der Waals surface area contributed by atoms with Crippen LogP contribution in [0.2, 0.25) is 0 Å². The quantitative estimate of drug-likeness (QED) is 0.582. The lowest BCUT2D eigenvalue weighted by Gasteiger charge is -1.88. The molecule has 2 rings (SSSR count). The Labute approximate surface area is 57.1 Å². The first-order valence-electron chi connectivity index (χ1n) is 2.86. The normalized spacial score (nSPS) is 10.0. The zero-order chi connectivity index (χ0) is 6.81. The standard InChI is InChI=1S/C6H5N3O/c1-4-10-5-6(1)9-3-2-7-8-9/h1-5H. The van der Waals surface area contributed by atoms with Crippen LogP contribution in [0.3, 0.4) is 0 Å². The van der Waals surface area contributed by atoms with E-state index in [0.717, 1.165) is 5.69 Å². The van der Waals surface area contributed by atoms with Crippen LogP contribution in [0.1, 0.15) is 0 Å². The maximum Gasteiger partial charge on any atom is 0.116 e. The summed E-state index contributed by atoms with van der Waals surface area (Å²) in [5, 5.41) is 7.41. The summed E-state index contributed by atoms with van der Waals surface area (Å²) in [5.74, 6) is 0. The fraction of sp³-hybridized carbons (Fsp3) is 0. The van der Waals surface area contributed by atoms with Gasteiger partial charge in [0, 0.05) is 6.07 Å². The van der Waals surface area contributed by atoms with Crippen LogP contribution in [0, 0.1) is 0 Å². The van der Waals surface area contributed by atoms with Crippen LogP contribution in [0.4, 0.5) is 0 Å². The smallest absolute Gasteiger partial charge is 0.116 e. The highest BCUT2D eigenvalue weighted by molar-refractivity contribution is 5.23. The van der Waals surface area contributed by atoms with Crippen LogP contribution < -0.4 is 0 Å². The van der Waals surface area contributed by atoms with Gasteiger partial charge in [0.1, 0.15) is 12.0 Å². The van der Waals surface area contributed by atoms with Crippen molar-refractivity contribution in [3.63, 3.8) is 0 Å². The van der Waals surface area contributed by atoms with Crippen molar-refractivity contribution in [1.82, 2.24) is 15.0 Å². The third-order valence-corrected chi connectivity index (χ3v) is 1.19. The van der Waals surface area contributed by atoms with E-state index in [-0.39, 0.29) is 0 Å². The molecule has 0 amide bonds. The molecular weight excluding hydrogens is 130 g/mol. The van der Waals surface area contributed by atoms with Gasteiger partial charge in [-0.15, -0.1) is 5.10 Å². The molecule has 2 aromatic rings. The summed E-state index contributed by atoms with van der Waals surface area (Å²) in [6.07, 6.45) is 6.57. The molecule has 4 heteroatoms. The molecule has 0 radical (unpaired) electrons. The van der Waals surface area contributed by atoms with Crippen molar-refractivity contribution in [2.45, 2.75) is 0 Å². The summed E-state index contributed by atoms with van der Waals surface area (Å²) in [5.41, 5.74) is 0.887. The minimum absolute atomic E-state index is 0.887. The molecule has 4 nitrogen and oxygen atoms in total. The number of nitrogens with zero attached hydrogens (tertiary/aromatic N) is 3. The van der Waals surface area contributed by atoms with E-state index in [9.17, 15) is 0 Å². The second-order valence-electron chi connectivity index (χ2n) is 1.83. The Morgan fingerprint density at radius 1 is 1.50 bits per heavy atom. The largest absolute Gasteiger partial charge is 0.470 e. The van der Waals surface area contributed by atoms with E-state index in [4.69, 9.17) is 4.42 Å². The zero-order valence-electron chi connectivity index (χ0n) is 5.14. The molecule has 2 heterocycles. The minimum Gasteiger partial charge on any atom is -0.470 e. The van der Waals surface area contributed by atoms with Gasteiger partial charge < -0.3 is 4.42 Å². The van der Waals surface area contributed by atoms with Gasteiger partial charge in [0.2, 0.25) is 0 Å². The number of hydrogen-bond acceptors (Lipinski definition) is 3. The van der Waals surface area contributed by atoms with E-state index in [2.05, 4.69) is 10.3 Å². The molecule has 0 atom stereocenters. The maximum absolute atomic E-state index is 4.85. The molecule has 0 aliphatic heterocycles. The zero-order valence-corrected chi connectivity index (χ0v) is 5.14. The Kier molecular flexibility index (Phi) is 1.04. The van der Waals surface area contributed by atoms with Crippen LogP contribution in [-0.2, 0) is 0 Å². The van der Waals surface area contributed by atoms with Crippen molar-refractivity contribution in [2.75, 3.05) is 0 Å². The maximum atomic E-state index is 4.85. The second kappa shape index (κ2) is 1.98. The van der Waals surface area contributed by atoms with Gasteiger partial charge >= 0.3 is 0 Å². The molecular formula is C6H5N3O. The highest BCUT2D eigenvalue weighted by Gasteiger charge is 1.94. The lowest BCUT2D eigenvalue weighted by atomic mass is 10.5. The van der Waals surface area contributed by atoms with Crippen molar-refractivity contribution in [3.8, 4) is 5.69 Å². The molecule has 0 fully saturated rings. The highest BCUT2D eigenvalue weighted by Crippen LogP contribution is 2.03. The van der Waals surface area contributed by atoms with E-state index >= 15 is 0 Å². The van der Waals surface area contributed by atoms with Crippen molar-refractivity contribution >= 4 is 0 Å². The number of furan rings is 1. The Hall–Kier alpha value is -1.58. The molecule has 0 aromatic carbocycles.